The molecule has 0 unspecified atom stereocenters. The maximum Gasteiger partial charge on any atom is 0.325 e. The molecule has 3 aromatic rings. The quantitative estimate of drug-likeness (QED) is 0.247. The lowest BCUT2D eigenvalue weighted by atomic mass is 10.2. The van der Waals surface area contributed by atoms with Crippen LogP contribution in [0.2, 0.25) is 0 Å². The van der Waals surface area contributed by atoms with E-state index < -0.39 is 21.7 Å². The first kappa shape index (κ1) is 21.5. The van der Waals surface area contributed by atoms with Crippen LogP contribution in [0.25, 0.3) is 16.3 Å². The van der Waals surface area contributed by atoms with Crippen molar-refractivity contribution in [1.29, 1.82) is 0 Å². The van der Waals surface area contributed by atoms with E-state index in [1.54, 1.807) is 6.07 Å². The summed E-state index contributed by atoms with van der Waals surface area (Å²) in [6.07, 6.45) is 2.51. The molecule has 0 radical (unpaired) electrons. The summed E-state index contributed by atoms with van der Waals surface area (Å²) >= 11 is 1.00. The Hall–Kier alpha value is -4.19. The van der Waals surface area contributed by atoms with Crippen molar-refractivity contribution in [2.45, 2.75) is 6.54 Å². The van der Waals surface area contributed by atoms with Crippen LogP contribution in [0, 0.1) is 20.2 Å². The molecule has 0 saturated heterocycles. The van der Waals surface area contributed by atoms with Gasteiger partial charge in [-0.1, -0.05) is 23.5 Å². The minimum Gasteiger partial charge on any atom is -0.468 e. The van der Waals surface area contributed by atoms with E-state index in [0.29, 0.717) is 15.8 Å². The number of thiazole rings is 1. The highest BCUT2D eigenvalue weighted by molar-refractivity contribution is 7.16. The van der Waals surface area contributed by atoms with E-state index >= 15 is 0 Å². The molecule has 11 nitrogen and oxygen atoms in total. The van der Waals surface area contributed by atoms with Gasteiger partial charge in [-0.05, 0) is 17.7 Å². The molecule has 0 N–H and O–H groups in total. The third-order valence-electron chi connectivity index (χ3n) is 4.10. The van der Waals surface area contributed by atoms with Crippen molar-refractivity contribution in [3.05, 3.63) is 79.1 Å². The third-order valence-corrected chi connectivity index (χ3v) is 5.14. The summed E-state index contributed by atoms with van der Waals surface area (Å²) in [5, 5.41) is 21.9. The molecule has 0 aliphatic carbocycles. The van der Waals surface area contributed by atoms with Gasteiger partial charge < -0.3 is 9.30 Å². The van der Waals surface area contributed by atoms with E-state index in [4.69, 9.17) is 0 Å². The maximum absolute atomic E-state index is 12.3. The highest BCUT2D eigenvalue weighted by atomic mass is 32.1. The number of carbonyl (C=O) groups excluding carboxylic acids is 2. The van der Waals surface area contributed by atoms with Gasteiger partial charge in [-0.2, -0.15) is 4.99 Å². The molecule has 0 spiro atoms. The highest BCUT2D eigenvalue weighted by Crippen LogP contribution is 2.23. The minimum atomic E-state index is -0.675. The Morgan fingerprint density at radius 3 is 2.52 bits per heavy atom. The van der Waals surface area contributed by atoms with Crippen LogP contribution >= 0.6 is 11.3 Å². The minimum absolute atomic E-state index is 0.117. The molecular weight excluding hydrogens is 428 g/mol. The number of ether oxygens (including phenoxy) is 1. The van der Waals surface area contributed by atoms with E-state index in [1.807, 2.05) is 0 Å². The number of nitro groups is 2. The van der Waals surface area contributed by atoms with Crippen molar-refractivity contribution in [2.24, 2.45) is 4.99 Å². The van der Waals surface area contributed by atoms with E-state index in [0.717, 1.165) is 17.4 Å². The zero-order valence-corrected chi connectivity index (χ0v) is 16.8. The summed E-state index contributed by atoms with van der Waals surface area (Å²) in [4.78, 5) is 49.0. The molecule has 0 bridgehead atoms. The van der Waals surface area contributed by atoms with Crippen molar-refractivity contribution in [3.8, 4) is 0 Å². The molecule has 31 heavy (non-hydrogen) atoms. The lowest BCUT2D eigenvalue weighted by Gasteiger charge is -2.03. The monoisotopic (exact) mass is 442 g/mol. The number of non-ortho nitro benzene ring substituents is 2. The van der Waals surface area contributed by atoms with Gasteiger partial charge >= 0.3 is 5.97 Å². The predicted molar refractivity (Wildman–Crippen MR) is 111 cm³/mol. The number of fused-ring (bicyclic) bond motifs is 1. The highest BCUT2D eigenvalue weighted by Gasteiger charge is 2.15. The molecule has 2 aromatic carbocycles. The van der Waals surface area contributed by atoms with Gasteiger partial charge in [0.05, 0.1) is 27.2 Å². The predicted octanol–water partition coefficient (Wildman–Crippen LogP) is 2.83. The second-order valence-corrected chi connectivity index (χ2v) is 7.10. The fourth-order valence-electron chi connectivity index (χ4n) is 2.65. The molecule has 0 saturated carbocycles. The van der Waals surface area contributed by atoms with E-state index in [-0.39, 0.29) is 22.7 Å². The normalized spacial score (nSPS) is 11.7. The van der Waals surface area contributed by atoms with Crippen LogP contribution in [0.1, 0.15) is 5.56 Å². The Kier molecular flexibility index (Phi) is 6.31. The lowest BCUT2D eigenvalue weighted by molar-refractivity contribution is -0.385. The summed E-state index contributed by atoms with van der Waals surface area (Å²) in [6, 6.07) is 9.80. The SMILES string of the molecule is COC(=O)Cn1c(=NC(=O)C=Cc2cccc([N+](=O)[O-])c2)sc2cc([N+](=O)[O-])ccc21. The smallest absolute Gasteiger partial charge is 0.325 e. The number of nitro benzene ring substituents is 2. The number of benzene rings is 2. The Morgan fingerprint density at radius 2 is 1.84 bits per heavy atom. The number of amides is 1. The first-order chi connectivity index (χ1) is 14.8. The number of hydrogen-bond donors (Lipinski definition) is 0. The van der Waals surface area contributed by atoms with Crippen molar-refractivity contribution < 1.29 is 24.2 Å². The van der Waals surface area contributed by atoms with Gasteiger partial charge in [0.25, 0.3) is 17.3 Å². The molecule has 0 aliphatic rings. The molecule has 1 aromatic heterocycles. The summed E-state index contributed by atoms with van der Waals surface area (Å²) in [7, 11) is 1.21. The molecule has 158 valence electrons. The molecule has 3 rings (SSSR count). The van der Waals surface area contributed by atoms with E-state index in [2.05, 4.69) is 9.73 Å². The zero-order valence-electron chi connectivity index (χ0n) is 16.0. The van der Waals surface area contributed by atoms with E-state index in [1.165, 1.54) is 54.2 Å². The van der Waals surface area contributed by atoms with Gasteiger partial charge in [0.2, 0.25) is 0 Å². The van der Waals surface area contributed by atoms with Crippen molar-refractivity contribution in [3.63, 3.8) is 0 Å². The lowest BCUT2D eigenvalue weighted by Crippen LogP contribution is -2.22. The van der Waals surface area contributed by atoms with Crippen molar-refractivity contribution in [1.82, 2.24) is 4.57 Å². The number of rotatable bonds is 6. The van der Waals surface area contributed by atoms with Crippen LogP contribution in [0.3, 0.4) is 0 Å². The number of aromatic nitrogens is 1. The zero-order chi connectivity index (χ0) is 22.5. The van der Waals surface area contributed by atoms with E-state index in [9.17, 15) is 29.8 Å². The second-order valence-electron chi connectivity index (χ2n) is 6.09. The first-order valence-corrected chi connectivity index (χ1v) is 9.46. The fourth-order valence-corrected chi connectivity index (χ4v) is 3.72. The standard InChI is InChI=1S/C19H14N4O7S/c1-30-18(25)11-21-15-7-6-14(23(28)29)10-16(15)31-19(21)20-17(24)8-5-12-3-2-4-13(9-12)22(26)27/h2-10H,11H2,1H3. The largest absolute Gasteiger partial charge is 0.468 e. The number of hydrogen-bond acceptors (Lipinski definition) is 8. The number of esters is 1. The first-order valence-electron chi connectivity index (χ1n) is 8.64. The Bertz CT molecular complexity index is 1310. The van der Waals surface area contributed by atoms with Crippen LogP contribution in [0.4, 0.5) is 11.4 Å². The topological polar surface area (TPSA) is 147 Å². The van der Waals surface area contributed by atoms with Crippen LogP contribution in [0.15, 0.2) is 53.5 Å². The third kappa shape index (κ3) is 5.05. The summed E-state index contributed by atoms with van der Waals surface area (Å²) in [5.74, 6) is -1.26. The maximum atomic E-state index is 12.3. The number of nitrogens with zero attached hydrogens (tertiary/aromatic N) is 4. The van der Waals surface area contributed by atoms with Gasteiger partial charge in [0.15, 0.2) is 4.80 Å². The average molecular weight is 442 g/mol. The van der Waals surface area contributed by atoms with Crippen LogP contribution < -0.4 is 4.80 Å². The Labute approximate surface area is 177 Å². The Balaban J connectivity index is 2.00. The van der Waals surface area contributed by atoms with Gasteiger partial charge in [-0.3, -0.25) is 29.8 Å². The van der Waals surface area contributed by atoms with Gasteiger partial charge in [-0.25, -0.2) is 0 Å². The van der Waals surface area contributed by atoms with Crippen LogP contribution in [-0.4, -0.2) is 33.4 Å². The average Bonchev–Trinajstić information content (AvgIpc) is 3.08. The van der Waals surface area contributed by atoms with Crippen LogP contribution in [-0.2, 0) is 20.9 Å². The Morgan fingerprint density at radius 1 is 1.13 bits per heavy atom. The van der Waals surface area contributed by atoms with Crippen molar-refractivity contribution in [2.75, 3.05) is 7.11 Å². The second kappa shape index (κ2) is 9.09. The molecule has 0 atom stereocenters. The summed E-state index contributed by atoms with van der Waals surface area (Å²) < 4.78 is 6.56. The van der Waals surface area contributed by atoms with Gasteiger partial charge in [0, 0.05) is 30.3 Å². The molecular formula is C19H14N4O7S. The van der Waals surface area contributed by atoms with Gasteiger partial charge in [0.1, 0.15) is 6.54 Å². The van der Waals surface area contributed by atoms with Crippen molar-refractivity contribution >= 4 is 50.9 Å². The fraction of sp³-hybridized carbons (Fsp3) is 0.105. The van der Waals surface area contributed by atoms with Crippen LogP contribution in [0.5, 0.6) is 0 Å². The molecule has 12 heteroatoms. The molecule has 1 amide bonds. The molecule has 0 aliphatic heterocycles. The number of methoxy groups -OCH3 is 1. The number of carbonyl (C=O) groups is 2. The summed E-state index contributed by atoms with van der Waals surface area (Å²) in [6.45, 7) is -0.241. The molecule has 1 heterocycles. The summed E-state index contributed by atoms with van der Waals surface area (Å²) in [5.41, 5.74) is 0.665. The van der Waals surface area contributed by atoms with Gasteiger partial charge in [-0.15, -0.1) is 0 Å². The molecule has 0 fully saturated rings.